The van der Waals surface area contributed by atoms with Crippen molar-refractivity contribution in [2.24, 2.45) is 16.7 Å². The Morgan fingerprint density at radius 2 is 2.17 bits per heavy atom. The minimum absolute atomic E-state index is 0.129. The monoisotopic (exact) mass is 170 g/mol. The first-order chi connectivity index (χ1) is 5.51. The van der Waals surface area contributed by atoms with E-state index in [4.69, 9.17) is 9.84 Å². The number of hydrogen-bond acceptors (Lipinski definition) is 2. The van der Waals surface area contributed by atoms with E-state index in [0.29, 0.717) is 16.7 Å². The first-order valence-electron chi connectivity index (χ1n) is 4.74. The van der Waals surface area contributed by atoms with Gasteiger partial charge in [0.1, 0.15) is 0 Å². The molecular weight excluding hydrogens is 152 g/mol. The third-order valence-electron chi connectivity index (χ3n) is 3.81. The Morgan fingerprint density at radius 1 is 1.50 bits per heavy atom. The van der Waals surface area contributed by atoms with Crippen molar-refractivity contribution in [3.05, 3.63) is 0 Å². The maximum Gasteiger partial charge on any atom is 0.0840 e. The van der Waals surface area contributed by atoms with Crippen LogP contribution in [0.2, 0.25) is 0 Å². The van der Waals surface area contributed by atoms with Crippen molar-refractivity contribution in [3.8, 4) is 0 Å². The number of aliphatic hydroxyl groups excluding tert-OH is 1. The fourth-order valence-corrected chi connectivity index (χ4v) is 2.62. The van der Waals surface area contributed by atoms with E-state index in [1.165, 1.54) is 6.42 Å². The fourth-order valence-electron chi connectivity index (χ4n) is 2.62. The summed E-state index contributed by atoms with van der Waals surface area (Å²) in [7, 11) is 0. The highest BCUT2D eigenvalue weighted by Crippen LogP contribution is 2.68. The molecule has 3 atom stereocenters. The van der Waals surface area contributed by atoms with Gasteiger partial charge in [-0.15, -0.1) is 0 Å². The predicted molar refractivity (Wildman–Crippen MR) is 46.8 cm³/mol. The van der Waals surface area contributed by atoms with Crippen LogP contribution in [0.5, 0.6) is 0 Å². The molecule has 1 aliphatic heterocycles. The molecule has 1 saturated carbocycles. The average molecular weight is 170 g/mol. The van der Waals surface area contributed by atoms with Gasteiger partial charge in [-0.25, -0.2) is 0 Å². The summed E-state index contributed by atoms with van der Waals surface area (Å²) in [6.07, 6.45) is 1.38. The first-order valence-corrected chi connectivity index (χ1v) is 4.74. The van der Waals surface area contributed by atoms with Crippen LogP contribution in [0.1, 0.15) is 27.2 Å². The third kappa shape index (κ3) is 0.882. The molecule has 1 aliphatic carbocycles. The lowest BCUT2D eigenvalue weighted by Gasteiger charge is -2.28. The second kappa shape index (κ2) is 2.24. The minimum atomic E-state index is 0.129. The Morgan fingerprint density at radius 3 is 2.42 bits per heavy atom. The van der Waals surface area contributed by atoms with Gasteiger partial charge in [-0.2, -0.15) is 0 Å². The van der Waals surface area contributed by atoms with Crippen molar-refractivity contribution in [2.45, 2.75) is 33.3 Å². The molecule has 0 aromatic heterocycles. The second-order valence-corrected chi connectivity index (χ2v) is 5.25. The largest absolute Gasteiger partial charge is 0.394 e. The highest BCUT2D eigenvalue weighted by Gasteiger charge is 2.67. The summed E-state index contributed by atoms with van der Waals surface area (Å²) in [6.45, 7) is 7.87. The molecule has 2 rings (SSSR count). The topological polar surface area (TPSA) is 29.5 Å². The number of fused-ring (bicyclic) bond motifs is 1. The van der Waals surface area contributed by atoms with E-state index >= 15 is 0 Å². The van der Waals surface area contributed by atoms with Crippen LogP contribution >= 0.6 is 0 Å². The lowest BCUT2D eigenvalue weighted by Crippen LogP contribution is -2.25. The van der Waals surface area contributed by atoms with Gasteiger partial charge >= 0.3 is 0 Å². The first kappa shape index (κ1) is 8.52. The Bertz CT molecular complexity index is 195. The maximum atomic E-state index is 9.02. The molecule has 2 fully saturated rings. The van der Waals surface area contributed by atoms with E-state index in [-0.39, 0.29) is 12.7 Å². The summed E-state index contributed by atoms with van der Waals surface area (Å²) < 4.78 is 5.54. The van der Waals surface area contributed by atoms with Gasteiger partial charge in [0.05, 0.1) is 19.3 Å². The molecule has 0 spiro atoms. The van der Waals surface area contributed by atoms with Crippen molar-refractivity contribution in [1.82, 2.24) is 0 Å². The zero-order valence-corrected chi connectivity index (χ0v) is 8.13. The van der Waals surface area contributed by atoms with Gasteiger partial charge < -0.3 is 9.84 Å². The highest BCUT2D eigenvalue weighted by atomic mass is 16.5. The summed E-state index contributed by atoms with van der Waals surface area (Å²) >= 11 is 0. The number of rotatable bonds is 1. The van der Waals surface area contributed by atoms with Crippen molar-refractivity contribution in [2.75, 3.05) is 13.2 Å². The summed E-state index contributed by atoms with van der Waals surface area (Å²) in [6, 6.07) is 0. The Balaban J connectivity index is 2.12. The minimum Gasteiger partial charge on any atom is -0.394 e. The second-order valence-electron chi connectivity index (χ2n) is 5.25. The molecule has 3 unspecified atom stereocenters. The summed E-state index contributed by atoms with van der Waals surface area (Å²) in [5, 5.41) is 9.02. The standard InChI is InChI=1S/C10H18O2/c1-9(2,3)10-4-7(10)8(5-11)12-6-10/h7-8,11H,4-6H2,1-3H3. The van der Waals surface area contributed by atoms with Crippen LogP contribution in [0.3, 0.4) is 0 Å². The number of hydrogen-bond donors (Lipinski definition) is 1. The van der Waals surface area contributed by atoms with E-state index < -0.39 is 0 Å². The fraction of sp³-hybridized carbons (Fsp3) is 1.00. The summed E-state index contributed by atoms with van der Waals surface area (Å²) in [5.74, 6) is 0.627. The van der Waals surface area contributed by atoms with Crippen LogP contribution in [0.4, 0.5) is 0 Å². The molecule has 1 N–H and O–H groups in total. The molecule has 0 radical (unpaired) electrons. The van der Waals surface area contributed by atoms with Crippen molar-refractivity contribution in [1.29, 1.82) is 0 Å². The van der Waals surface area contributed by atoms with Crippen LogP contribution in [0, 0.1) is 16.7 Å². The van der Waals surface area contributed by atoms with Crippen LogP contribution < -0.4 is 0 Å². The number of aliphatic hydroxyl groups is 1. The van der Waals surface area contributed by atoms with Crippen LogP contribution in [-0.4, -0.2) is 24.4 Å². The summed E-state index contributed by atoms with van der Waals surface area (Å²) in [4.78, 5) is 0. The van der Waals surface area contributed by atoms with Gasteiger partial charge in [-0.3, -0.25) is 0 Å². The molecule has 2 heteroatoms. The van der Waals surface area contributed by atoms with E-state index in [9.17, 15) is 0 Å². The molecule has 2 nitrogen and oxygen atoms in total. The van der Waals surface area contributed by atoms with Crippen LogP contribution in [-0.2, 0) is 4.74 Å². The molecule has 0 amide bonds. The van der Waals surface area contributed by atoms with Gasteiger partial charge in [-0.05, 0) is 17.8 Å². The number of ether oxygens (including phenoxy) is 1. The molecule has 12 heavy (non-hydrogen) atoms. The molecule has 1 saturated heterocycles. The van der Waals surface area contributed by atoms with Gasteiger partial charge in [0, 0.05) is 5.41 Å². The van der Waals surface area contributed by atoms with E-state index in [2.05, 4.69) is 20.8 Å². The molecule has 2 aliphatic rings. The molecular formula is C10H18O2. The van der Waals surface area contributed by atoms with Gasteiger partial charge in [0.25, 0.3) is 0 Å². The van der Waals surface area contributed by atoms with E-state index in [1.807, 2.05) is 0 Å². The van der Waals surface area contributed by atoms with Crippen LogP contribution in [0.25, 0.3) is 0 Å². The zero-order valence-electron chi connectivity index (χ0n) is 8.13. The lowest BCUT2D eigenvalue weighted by molar-refractivity contribution is 0.0202. The van der Waals surface area contributed by atoms with Crippen LogP contribution in [0.15, 0.2) is 0 Å². The maximum absolute atomic E-state index is 9.02. The zero-order chi connectivity index (χ0) is 8.98. The highest BCUT2D eigenvalue weighted by molar-refractivity contribution is 5.14. The summed E-state index contributed by atoms with van der Waals surface area (Å²) in [5.41, 5.74) is 0.724. The quantitative estimate of drug-likeness (QED) is 0.645. The van der Waals surface area contributed by atoms with Gasteiger partial charge in [0.15, 0.2) is 0 Å². The van der Waals surface area contributed by atoms with Gasteiger partial charge in [0.2, 0.25) is 0 Å². The molecule has 1 heterocycles. The predicted octanol–water partition coefficient (Wildman–Crippen LogP) is 1.43. The molecule has 0 bridgehead atoms. The Labute approximate surface area is 73.9 Å². The van der Waals surface area contributed by atoms with E-state index in [0.717, 1.165) is 6.61 Å². The average Bonchev–Trinajstić information content (AvgIpc) is 2.59. The Kier molecular flexibility index (Phi) is 1.59. The lowest BCUT2D eigenvalue weighted by atomic mass is 9.77. The molecule has 0 aromatic rings. The SMILES string of the molecule is CC(C)(C)C12COC(CO)C1C2. The Hall–Kier alpha value is -0.0800. The smallest absolute Gasteiger partial charge is 0.0840 e. The normalized spacial score (nSPS) is 46.0. The van der Waals surface area contributed by atoms with Crippen molar-refractivity contribution < 1.29 is 9.84 Å². The van der Waals surface area contributed by atoms with Crippen molar-refractivity contribution >= 4 is 0 Å². The van der Waals surface area contributed by atoms with E-state index in [1.54, 1.807) is 0 Å². The molecule has 0 aromatic carbocycles. The van der Waals surface area contributed by atoms with Crippen molar-refractivity contribution in [3.63, 3.8) is 0 Å². The van der Waals surface area contributed by atoms with Gasteiger partial charge in [-0.1, -0.05) is 20.8 Å². The molecule has 70 valence electrons. The third-order valence-corrected chi connectivity index (χ3v) is 3.81.